The third-order valence-electron chi connectivity index (χ3n) is 8.25. The van der Waals surface area contributed by atoms with Gasteiger partial charge in [-0.1, -0.05) is 18.2 Å². The molecule has 2 N–H and O–H groups in total. The molecule has 0 aromatic heterocycles. The number of amides is 3. The van der Waals surface area contributed by atoms with Crippen LogP contribution in [-0.2, 0) is 9.59 Å². The van der Waals surface area contributed by atoms with Gasteiger partial charge < -0.3 is 10.2 Å². The minimum Gasteiger partial charge on any atom is -0.314 e. The average Bonchev–Trinajstić information content (AvgIpc) is 3.17. The van der Waals surface area contributed by atoms with Crippen molar-refractivity contribution in [3.8, 4) is 0 Å². The van der Waals surface area contributed by atoms with E-state index in [0.29, 0.717) is 17.9 Å². The predicted molar refractivity (Wildman–Crippen MR) is 135 cm³/mol. The molecule has 4 aliphatic rings. The van der Waals surface area contributed by atoms with Crippen LogP contribution in [0.4, 0.5) is 5.69 Å². The first-order valence-electron chi connectivity index (χ1n) is 13.0. The second-order valence-corrected chi connectivity index (χ2v) is 10.3. The Kier molecular flexibility index (Phi) is 6.04. The van der Waals surface area contributed by atoms with Crippen molar-refractivity contribution < 1.29 is 14.4 Å². The quantitative estimate of drug-likeness (QED) is 0.641. The summed E-state index contributed by atoms with van der Waals surface area (Å²) in [5.74, 6) is -0.322. The van der Waals surface area contributed by atoms with Crippen molar-refractivity contribution in [1.82, 2.24) is 20.4 Å². The Morgan fingerprint density at radius 1 is 0.857 bits per heavy atom. The largest absolute Gasteiger partial charge is 0.314 e. The summed E-state index contributed by atoms with van der Waals surface area (Å²) in [6.07, 6.45) is 2.85. The van der Waals surface area contributed by atoms with Crippen molar-refractivity contribution in [2.45, 2.75) is 37.6 Å². The lowest BCUT2D eigenvalue weighted by molar-refractivity contribution is -0.134. The van der Waals surface area contributed by atoms with E-state index in [4.69, 9.17) is 0 Å². The van der Waals surface area contributed by atoms with Crippen LogP contribution in [0.5, 0.6) is 0 Å². The van der Waals surface area contributed by atoms with E-state index in [2.05, 4.69) is 32.6 Å². The van der Waals surface area contributed by atoms with E-state index in [-0.39, 0.29) is 24.1 Å². The highest BCUT2D eigenvalue weighted by atomic mass is 16.2. The van der Waals surface area contributed by atoms with Crippen molar-refractivity contribution in [2.24, 2.45) is 0 Å². The lowest BCUT2D eigenvalue weighted by Crippen LogP contribution is -2.53. The van der Waals surface area contributed by atoms with Crippen molar-refractivity contribution in [2.75, 3.05) is 57.3 Å². The van der Waals surface area contributed by atoms with Gasteiger partial charge in [-0.2, -0.15) is 0 Å². The van der Waals surface area contributed by atoms with Gasteiger partial charge in [-0.3, -0.25) is 29.5 Å². The summed E-state index contributed by atoms with van der Waals surface area (Å²) in [6.45, 7) is 8.95. The summed E-state index contributed by atoms with van der Waals surface area (Å²) in [5.41, 5.74) is 2.77. The summed E-state index contributed by atoms with van der Waals surface area (Å²) in [7, 11) is 0. The van der Waals surface area contributed by atoms with Crippen molar-refractivity contribution >= 4 is 34.2 Å². The lowest BCUT2D eigenvalue weighted by Gasteiger charge is -2.35. The number of hydrogen-bond donors (Lipinski definition) is 2. The molecule has 0 radical (unpaired) electrons. The second-order valence-electron chi connectivity index (χ2n) is 10.3. The first kappa shape index (κ1) is 22.6. The number of piperidine rings is 2. The molecular formula is C27H33N5O3. The number of rotatable bonds is 5. The highest BCUT2D eigenvalue weighted by Gasteiger charge is 2.41. The number of nitrogens with zero attached hydrogens (tertiary/aromatic N) is 3. The van der Waals surface area contributed by atoms with Gasteiger partial charge in [0.15, 0.2) is 0 Å². The van der Waals surface area contributed by atoms with Crippen LogP contribution >= 0.6 is 0 Å². The molecule has 3 amide bonds. The third kappa shape index (κ3) is 4.13. The van der Waals surface area contributed by atoms with E-state index >= 15 is 0 Å². The number of imide groups is 1. The summed E-state index contributed by atoms with van der Waals surface area (Å²) >= 11 is 0. The molecule has 2 aromatic rings. The molecule has 184 valence electrons. The molecule has 0 saturated carbocycles. The molecule has 6 rings (SSSR count). The van der Waals surface area contributed by atoms with Gasteiger partial charge in [0.1, 0.15) is 6.04 Å². The van der Waals surface area contributed by atoms with Crippen LogP contribution in [0, 0.1) is 0 Å². The molecule has 1 unspecified atom stereocenters. The number of nitrogens with one attached hydrogen (secondary N) is 2. The van der Waals surface area contributed by atoms with Gasteiger partial charge in [-0.25, -0.2) is 0 Å². The van der Waals surface area contributed by atoms with Crippen LogP contribution in [0.1, 0.15) is 47.5 Å². The Morgan fingerprint density at radius 3 is 2.34 bits per heavy atom. The molecule has 0 spiro atoms. The van der Waals surface area contributed by atoms with E-state index in [1.807, 2.05) is 18.2 Å². The van der Waals surface area contributed by atoms with Crippen LogP contribution in [-0.4, -0.2) is 85.9 Å². The summed E-state index contributed by atoms with van der Waals surface area (Å²) in [6, 6.07) is 9.49. The predicted octanol–water partition coefficient (Wildman–Crippen LogP) is 1.69. The zero-order valence-corrected chi connectivity index (χ0v) is 20.1. The fourth-order valence-electron chi connectivity index (χ4n) is 6.31. The smallest absolute Gasteiger partial charge is 0.259 e. The Bertz CT molecular complexity index is 1170. The number of likely N-dealkylation sites (tertiary alicyclic amines) is 1. The van der Waals surface area contributed by atoms with Crippen LogP contribution in [0.25, 0.3) is 10.8 Å². The SMILES string of the molecule is O=C1CCC(N2C(=O)c3ccc(C4CCN(CCN5CCNCC5)CC4)c4cccc2c34)C(=O)N1. The molecule has 0 bridgehead atoms. The molecule has 8 nitrogen and oxygen atoms in total. The molecule has 3 fully saturated rings. The average molecular weight is 476 g/mol. The first-order valence-corrected chi connectivity index (χ1v) is 13.0. The highest BCUT2D eigenvalue weighted by molar-refractivity contribution is 6.27. The minimum atomic E-state index is -0.638. The van der Waals surface area contributed by atoms with E-state index in [1.54, 1.807) is 4.90 Å². The van der Waals surface area contributed by atoms with E-state index in [9.17, 15) is 14.4 Å². The number of piperazine rings is 1. The molecule has 8 heteroatoms. The van der Waals surface area contributed by atoms with Gasteiger partial charge in [-0.05, 0) is 61.4 Å². The lowest BCUT2D eigenvalue weighted by atomic mass is 9.85. The summed E-state index contributed by atoms with van der Waals surface area (Å²) in [5, 5.41) is 7.91. The van der Waals surface area contributed by atoms with Gasteiger partial charge in [0.2, 0.25) is 11.8 Å². The summed E-state index contributed by atoms with van der Waals surface area (Å²) in [4.78, 5) is 44.4. The van der Waals surface area contributed by atoms with Crippen LogP contribution in [0.15, 0.2) is 30.3 Å². The maximum absolute atomic E-state index is 13.4. The maximum Gasteiger partial charge on any atom is 0.259 e. The van der Waals surface area contributed by atoms with E-state index in [0.717, 1.165) is 81.7 Å². The van der Waals surface area contributed by atoms with Crippen LogP contribution in [0.2, 0.25) is 0 Å². The Labute approximate surface area is 205 Å². The van der Waals surface area contributed by atoms with Gasteiger partial charge in [0.25, 0.3) is 5.91 Å². The topological polar surface area (TPSA) is 85.0 Å². The fourth-order valence-corrected chi connectivity index (χ4v) is 6.31. The van der Waals surface area contributed by atoms with Crippen molar-refractivity contribution in [1.29, 1.82) is 0 Å². The molecule has 0 aliphatic carbocycles. The fraction of sp³-hybridized carbons (Fsp3) is 0.519. The highest BCUT2D eigenvalue weighted by Crippen LogP contribution is 2.43. The van der Waals surface area contributed by atoms with Crippen molar-refractivity contribution in [3.05, 3.63) is 41.5 Å². The molecule has 2 aromatic carbocycles. The molecular weight excluding hydrogens is 442 g/mol. The molecule has 1 atom stereocenters. The maximum atomic E-state index is 13.4. The Hall–Kier alpha value is -2.81. The van der Waals surface area contributed by atoms with Gasteiger partial charge in [0, 0.05) is 56.6 Å². The molecule has 3 saturated heterocycles. The Morgan fingerprint density at radius 2 is 1.60 bits per heavy atom. The van der Waals surface area contributed by atoms with Gasteiger partial charge in [-0.15, -0.1) is 0 Å². The monoisotopic (exact) mass is 475 g/mol. The minimum absolute atomic E-state index is 0.139. The standard InChI is InChI=1S/C27H33N5O3/c33-24-7-6-23(26(34)29-24)32-22-3-1-2-20-19(4-5-21(25(20)22)27(32)35)18-8-12-30(13-9-18)16-17-31-14-10-28-11-15-31/h1-5,18,23,28H,6-17H2,(H,29,33,34). The van der Waals surface area contributed by atoms with E-state index < -0.39 is 6.04 Å². The number of anilines is 1. The molecule has 4 aliphatic heterocycles. The molecule has 35 heavy (non-hydrogen) atoms. The number of benzene rings is 2. The zero-order valence-electron chi connectivity index (χ0n) is 20.1. The number of carbonyl (C=O) groups excluding carboxylic acids is 3. The van der Waals surface area contributed by atoms with Gasteiger partial charge in [0.05, 0.1) is 5.69 Å². The third-order valence-corrected chi connectivity index (χ3v) is 8.25. The van der Waals surface area contributed by atoms with Crippen molar-refractivity contribution in [3.63, 3.8) is 0 Å². The normalized spacial score (nSPS) is 24.4. The molecule has 4 heterocycles. The summed E-state index contributed by atoms with van der Waals surface area (Å²) < 4.78 is 0. The zero-order chi connectivity index (χ0) is 23.9. The Balaban J connectivity index is 1.20. The second kappa shape index (κ2) is 9.33. The van der Waals surface area contributed by atoms with Crippen LogP contribution in [0.3, 0.4) is 0 Å². The van der Waals surface area contributed by atoms with Gasteiger partial charge >= 0.3 is 0 Å². The number of carbonyl (C=O) groups is 3. The first-order chi connectivity index (χ1) is 17.1. The number of hydrogen-bond acceptors (Lipinski definition) is 6. The van der Waals surface area contributed by atoms with E-state index in [1.165, 1.54) is 5.56 Å². The van der Waals surface area contributed by atoms with Crippen LogP contribution < -0.4 is 15.5 Å².